The number of hydrogen-bond donors (Lipinski definition) is 2. The number of carbonyl (C=O) groups is 1. The highest BCUT2D eigenvalue weighted by molar-refractivity contribution is 9.10. The highest BCUT2D eigenvalue weighted by Crippen LogP contribution is 2.36. The van der Waals surface area contributed by atoms with Gasteiger partial charge in [0.15, 0.2) is 0 Å². The first-order chi connectivity index (χ1) is 8.12. The first-order valence-corrected chi connectivity index (χ1v) is 6.67. The summed E-state index contributed by atoms with van der Waals surface area (Å²) in [4.78, 5) is 10.9. The van der Waals surface area contributed by atoms with Crippen molar-refractivity contribution >= 4 is 21.9 Å². The molecule has 18 heavy (non-hydrogen) atoms. The van der Waals surface area contributed by atoms with Crippen molar-refractivity contribution in [1.82, 2.24) is 0 Å². The molecule has 0 aliphatic heterocycles. The molecule has 0 aliphatic rings. The first-order valence-electron chi connectivity index (χ1n) is 5.87. The van der Waals surface area contributed by atoms with Gasteiger partial charge in [0.25, 0.3) is 0 Å². The number of rotatable bonds is 3. The fourth-order valence-electron chi connectivity index (χ4n) is 1.80. The summed E-state index contributed by atoms with van der Waals surface area (Å²) in [6, 6.07) is 3.66. The molecule has 1 aromatic rings. The van der Waals surface area contributed by atoms with E-state index in [2.05, 4.69) is 15.9 Å². The van der Waals surface area contributed by atoms with E-state index in [9.17, 15) is 9.90 Å². The number of carboxylic acids is 1. The summed E-state index contributed by atoms with van der Waals surface area (Å²) in [6.45, 7) is 7.68. The summed E-state index contributed by atoms with van der Waals surface area (Å²) in [5.74, 6) is -1.16. The fraction of sp³-hybridized carbons (Fsp3) is 0.500. The molecule has 0 saturated heterocycles. The maximum absolute atomic E-state index is 10.9. The fourth-order valence-corrected chi connectivity index (χ4v) is 2.31. The summed E-state index contributed by atoms with van der Waals surface area (Å²) in [5, 5.41) is 19.2. The van der Waals surface area contributed by atoms with Gasteiger partial charge in [-0.3, -0.25) is 4.79 Å². The molecule has 0 saturated carbocycles. The lowest BCUT2D eigenvalue weighted by Gasteiger charge is -2.23. The van der Waals surface area contributed by atoms with Crippen molar-refractivity contribution in [1.29, 1.82) is 0 Å². The van der Waals surface area contributed by atoms with E-state index >= 15 is 0 Å². The number of aliphatic carboxylic acids is 1. The van der Waals surface area contributed by atoms with Crippen LogP contribution in [0.3, 0.4) is 0 Å². The van der Waals surface area contributed by atoms with Gasteiger partial charge in [0.1, 0.15) is 5.75 Å². The third-order valence-electron chi connectivity index (χ3n) is 2.91. The average Bonchev–Trinajstić information content (AvgIpc) is 2.21. The van der Waals surface area contributed by atoms with Gasteiger partial charge in [0.2, 0.25) is 0 Å². The van der Waals surface area contributed by atoms with E-state index in [1.165, 1.54) is 0 Å². The van der Waals surface area contributed by atoms with Gasteiger partial charge in [-0.2, -0.15) is 0 Å². The summed E-state index contributed by atoms with van der Waals surface area (Å²) in [7, 11) is 0. The molecular formula is C14H19BrO3. The summed E-state index contributed by atoms with van der Waals surface area (Å²) in [6.07, 6.45) is 0.323. The van der Waals surface area contributed by atoms with Gasteiger partial charge in [0, 0.05) is 10.0 Å². The molecule has 0 aromatic heterocycles. The average molecular weight is 315 g/mol. The minimum Gasteiger partial charge on any atom is -0.507 e. The molecule has 0 fully saturated rings. The van der Waals surface area contributed by atoms with Crippen LogP contribution < -0.4 is 0 Å². The molecule has 1 atom stereocenters. The molecule has 0 aliphatic carbocycles. The molecule has 4 heteroatoms. The topological polar surface area (TPSA) is 57.5 Å². The van der Waals surface area contributed by atoms with Crippen LogP contribution in [0.5, 0.6) is 5.75 Å². The highest BCUT2D eigenvalue weighted by atomic mass is 79.9. The lowest BCUT2D eigenvalue weighted by Crippen LogP contribution is -2.15. The third kappa shape index (κ3) is 3.48. The molecule has 0 amide bonds. The van der Waals surface area contributed by atoms with Crippen LogP contribution in [0.2, 0.25) is 0 Å². The Labute approximate surface area is 116 Å². The molecule has 2 N–H and O–H groups in total. The quantitative estimate of drug-likeness (QED) is 0.894. The van der Waals surface area contributed by atoms with Crippen LogP contribution >= 0.6 is 15.9 Å². The predicted molar refractivity (Wildman–Crippen MR) is 75.0 cm³/mol. The van der Waals surface area contributed by atoms with Gasteiger partial charge in [-0.15, -0.1) is 0 Å². The number of hydrogen-bond acceptors (Lipinski definition) is 2. The molecule has 0 spiro atoms. The first kappa shape index (κ1) is 15.0. The maximum Gasteiger partial charge on any atom is 0.306 e. The van der Waals surface area contributed by atoms with Crippen LogP contribution in [0.4, 0.5) is 0 Å². The lowest BCUT2D eigenvalue weighted by atomic mass is 9.84. The number of carboxylic acid groups (broad SMARTS) is 1. The highest BCUT2D eigenvalue weighted by Gasteiger charge is 2.22. The molecule has 0 bridgehead atoms. The van der Waals surface area contributed by atoms with E-state index in [1.807, 2.05) is 26.8 Å². The van der Waals surface area contributed by atoms with Gasteiger partial charge in [-0.1, -0.05) is 43.6 Å². The Morgan fingerprint density at radius 3 is 2.39 bits per heavy atom. The molecule has 1 unspecified atom stereocenters. The van der Waals surface area contributed by atoms with E-state index in [-0.39, 0.29) is 11.2 Å². The van der Waals surface area contributed by atoms with Gasteiger partial charge >= 0.3 is 5.97 Å². The minimum atomic E-state index is -0.855. The van der Waals surface area contributed by atoms with Gasteiger partial charge in [-0.05, 0) is 29.5 Å². The van der Waals surface area contributed by atoms with Crippen LogP contribution in [-0.4, -0.2) is 16.2 Å². The van der Waals surface area contributed by atoms with Crippen LogP contribution in [0, 0.1) is 5.92 Å². The molecule has 100 valence electrons. The minimum absolute atomic E-state index is 0.185. The standard InChI is InChI=1S/C14H19BrO3/c1-8(13(17)18)5-9-6-10(15)7-11(12(9)16)14(2,3)4/h6-8,16H,5H2,1-4H3,(H,17,18). The maximum atomic E-state index is 10.9. The number of phenols is 1. The Morgan fingerprint density at radius 1 is 1.39 bits per heavy atom. The zero-order valence-corrected chi connectivity index (χ0v) is 12.7. The zero-order chi connectivity index (χ0) is 14.1. The van der Waals surface area contributed by atoms with Gasteiger partial charge < -0.3 is 10.2 Å². The van der Waals surface area contributed by atoms with Crippen molar-refractivity contribution in [3.05, 3.63) is 27.7 Å². The van der Waals surface area contributed by atoms with Crippen molar-refractivity contribution in [3.63, 3.8) is 0 Å². The second kappa shape index (κ2) is 5.31. The normalized spacial score (nSPS) is 13.4. The van der Waals surface area contributed by atoms with Crippen molar-refractivity contribution in [3.8, 4) is 5.75 Å². The second-order valence-electron chi connectivity index (χ2n) is 5.65. The number of aromatic hydroxyl groups is 1. The lowest BCUT2D eigenvalue weighted by molar-refractivity contribution is -0.141. The monoisotopic (exact) mass is 314 g/mol. The van der Waals surface area contributed by atoms with Crippen molar-refractivity contribution in [2.75, 3.05) is 0 Å². The van der Waals surface area contributed by atoms with E-state index in [1.54, 1.807) is 13.0 Å². The van der Waals surface area contributed by atoms with Crippen LogP contribution in [0.1, 0.15) is 38.8 Å². The molecule has 3 nitrogen and oxygen atoms in total. The SMILES string of the molecule is CC(Cc1cc(Br)cc(C(C)(C)C)c1O)C(=O)O. The van der Waals surface area contributed by atoms with E-state index in [0.29, 0.717) is 12.0 Å². The van der Waals surface area contributed by atoms with Crippen LogP contribution in [0.25, 0.3) is 0 Å². The largest absolute Gasteiger partial charge is 0.507 e. The van der Waals surface area contributed by atoms with Crippen molar-refractivity contribution in [2.24, 2.45) is 5.92 Å². The van der Waals surface area contributed by atoms with E-state index in [4.69, 9.17) is 5.11 Å². The summed E-state index contributed by atoms with van der Waals surface area (Å²) >= 11 is 3.41. The van der Waals surface area contributed by atoms with Gasteiger partial charge in [0.05, 0.1) is 5.92 Å². The Morgan fingerprint density at radius 2 is 1.94 bits per heavy atom. The Balaban J connectivity index is 3.22. The molecular weight excluding hydrogens is 296 g/mol. The Hall–Kier alpha value is -1.03. The summed E-state index contributed by atoms with van der Waals surface area (Å²) in [5.41, 5.74) is 1.31. The van der Waals surface area contributed by atoms with Crippen LogP contribution in [0.15, 0.2) is 16.6 Å². The second-order valence-corrected chi connectivity index (χ2v) is 6.57. The number of halogens is 1. The number of phenolic OH excluding ortho intramolecular Hbond substituents is 1. The molecule has 1 aromatic carbocycles. The Kier molecular flexibility index (Phi) is 4.43. The van der Waals surface area contributed by atoms with E-state index in [0.717, 1.165) is 10.0 Å². The van der Waals surface area contributed by atoms with Gasteiger partial charge in [-0.25, -0.2) is 0 Å². The molecule has 1 rings (SSSR count). The Bertz CT molecular complexity index is 461. The predicted octanol–water partition coefficient (Wildman–Crippen LogP) is 3.72. The smallest absolute Gasteiger partial charge is 0.306 e. The van der Waals surface area contributed by atoms with Crippen molar-refractivity contribution < 1.29 is 15.0 Å². The summed E-state index contributed by atoms with van der Waals surface area (Å²) < 4.78 is 0.859. The zero-order valence-electron chi connectivity index (χ0n) is 11.1. The van der Waals surface area contributed by atoms with Crippen molar-refractivity contribution in [2.45, 2.75) is 39.5 Å². The molecule has 0 radical (unpaired) electrons. The number of benzene rings is 1. The molecule has 0 heterocycles. The van der Waals surface area contributed by atoms with Crippen LogP contribution in [-0.2, 0) is 16.6 Å². The third-order valence-corrected chi connectivity index (χ3v) is 3.37. The van der Waals surface area contributed by atoms with E-state index < -0.39 is 11.9 Å².